The van der Waals surface area contributed by atoms with Crippen LogP contribution < -0.4 is 17.2 Å². The Balaban J connectivity index is 0.000000200. The van der Waals surface area contributed by atoms with Gasteiger partial charge < -0.3 is 17.2 Å². The monoisotopic (exact) mass is 501 g/mol. The topological polar surface area (TPSA) is 114 Å². The predicted octanol–water partition coefficient (Wildman–Crippen LogP) is 4.47. The van der Waals surface area contributed by atoms with E-state index in [0.29, 0.717) is 17.2 Å². The molecule has 0 aromatic heterocycles. The van der Waals surface area contributed by atoms with Crippen molar-refractivity contribution in [3.05, 3.63) is 50.9 Å². The maximum atomic E-state index is 7.24. The molecular formula is C15H14Br3N5. The summed E-state index contributed by atoms with van der Waals surface area (Å²) in [5, 5.41) is 7.24. The van der Waals surface area contributed by atoms with E-state index in [4.69, 9.17) is 22.5 Å². The Morgan fingerprint density at radius 3 is 2.09 bits per heavy atom. The molecule has 6 N–H and O–H groups in total. The van der Waals surface area contributed by atoms with Crippen LogP contribution >= 0.6 is 47.8 Å². The van der Waals surface area contributed by atoms with Crippen LogP contribution in [-0.2, 0) is 6.42 Å². The van der Waals surface area contributed by atoms with Gasteiger partial charge in [-0.25, -0.2) is 4.99 Å². The molecule has 3 rings (SSSR count). The highest BCUT2D eigenvalue weighted by Gasteiger charge is 2.10. The van der Waals surface area contributed by atoms with Gasteiger partial charge in [0, 0.05) is 31.3 Å². The van der Waals surface area contributed by atoms with Crippen LogP contribution in [0, 0.1) is 10.2 Å². The second kappa shape index (κ2) is 9.55. The molecule has 1 heterocycles. The van der Waals surface area contributed by atoms with Gasteiger partial charge in [0.2, 0.25) is 0 Å². The Morgan fingerprint density at radius 1 is 0.957 bits per heavy atom. The zero-order chi connectivity index (χ0) is 17.4. The van der Waals surface area contributed by atoms with Gasteiger partial charge in [-0.05, 0) is 42.0 Å². The number of amidine groups is 1. The van der Waals surface area contributed by atoms with Gasteiger partial charge in [-0.1, -0.05) is 31.9 Å². The first-order chi connectivity index (χ1) is 10.9. The van der Waals surface area contributed by atoms with Crippen LogP contribution in [-0.4, -0.2) is 5.84 Å². The third-order valence-corrected chi connectivity index (χ3v) is 3.71. The largest absolute Gasteiger partial charge is 0.397 e. The number of halogens is 3. The molecular weight excluding hydrogens is 490 g/mol. The van der Waals surface area contributed by atoms with Gasteiger partial charge in [0.1, 0.15) is 10.8 Å². The summed E-state index contributed by atoms with van der Waals surface area (Å²) in [7, 11) is 0. The number of aliphatic imine (C=N–C) groups is 1. The first kappa shape index (κ1) is 19.5. The van der Waals surface area contributed by atoms with Gasteiger partial charge in [-0.2, -0.15) is 5.26 Å². The molecule has 23 heavy (non-hydrogen) atoms. The third-order valence-electron chi connectivity index (χ3n) is 2.73. The number of fused-ring (bicyclic) bond motifs is 1. The van der Waals surface area contributed by atoms with Crippen LogP contribution in [0.2, 0.25) is 0 Å². The van der Waals surface area contributed by atoms with Gasteiger partial charge in [0.25, 0.3) is 0 Å². The second-order valence-electron chi connectivity index (χ2n) is 4.41. The van der Waals surface area contributed by atoms with Crippen LogP contribution in [0.5, 0.6) is 0 Å². The number of anilines is 2. The van der Waals surface area contributed by atoms with Crippen molar-refractivity contribution in [2.24, 2.45) is 10.7 Å². The molecule has 1 aliphatic heterocycles. The van der Waals surface area contributed by atoms with Crippen LogP contribution in [0.1, 0.15) is 5.56 Å². The van der Waals surface area contributed by atoms with Crippen LogP contribution in [0.15, 0.2) is 50.3 Å². The number of rotatable bonds is 0. The molecule has 0 saturated heterocycles. The number of nitrogens with zero attached hydrogens (tertiary/aromatic N) is 2. The highest BCUT2D eigenvalue weighted by molar-refractivity contribution is 9.12. The maximum Gasteiger partial charge on any atom is 0.142 e. The molecule has 0 atom stereocenters. The van der Waals surface area contributed by atoms with E-state index in [1.54, 1.807) is 17.1 Å². The van der Waals surface area contributed by atoms with E-state index in [9.17, 15) is 0 Å². The van der Waals surface area contributed by atoms with E-state index in [0.717, 1.165) is 21.1 Å². The van der Waals surface area contributed by atoms with Crippen LogP contribution in [0.3, 0.4) is 0 Å². The fourth-order valence-electron chi connectivity index (χ4n) is 1.74. The average molecular weight is 504 g/mol. The summed E-state index contributed by atoms with van der Waals surface area (Å²) in [6.45, 7) is 0. The Kier molecular flexibility index (Phi) is 8.09. The lowest BCUT2D eigenvalue weighted by Gasteiger charge is -1.97. The quantitative estimate of drug-likeness (QED) is 0.460. The molecule has 2 aromatic carbocycles. The fourth-order valence-corrected chi connectivity index (χ4v) is 2.53. The van der Waals surface area contributed by atoms with Gasteiger partial charge >= 0.3 is 0 Å². The molecule has 5 nitrogen and oxygen atoms in total. The molecule has 0 amide bonds. The lowest BCUT2D eigenvalue weighted by Crippen LogP contribution is -2.09. The normalized spacial score (nSPS) is 11.0. The molecule has 0 fully saturated rings. The van der Waals surface area contributed by atoms with Crippen LogP contribution in [0.4, 0.5) is 17.1 Å². The van der Waals surface area contributed by atoms with E-state index in [2.05, 4.69) is 58.8 Å². The first-order valence-electron chi connectivity index (χ1n) is 6.29. The van der Waals surface area contributed by atoms with Gasteiger partial charge in [-0.3, -0.25) is 0 Å². The summed E-state index contributed by atoms with van der Waals surface area (Å²) in [4.78, 5) is 5.73. The zero-order valence-corrected chi connectivity index (χ0v) is 16.7. The molecule has 0 spiro atoms. The van der Waals surface area contributed by atoms with Crippen molar-refractivity contribution < 1.29 is 0 Å². The SMILES string of the molecule is N#CBr.NC1=Nc2ccc(Br)cc2C1.Nc1ccc(Br)cc1N. The molecule has 0 bridgehead atoms. The standard InChI is InChI=1S/C8H7BrN2.C6H7BrN2.CBrN/c9-6-1-2-7-5(3-6)4-8(10)11-7;7-4-1-2-5(8)6(9)3-4;2-1-3/h1-3H,4H2,(H2,10,11);1-3H,8-9H2;. The van der Waals surface area contributed by atoms with Crippen molar-refractivity contribution >= 4 is 70.7 Å². The summed E-state index contributed by atoms with van der Waals surface area (Å²) in [5.74, 6) is 0.707. The number of hydrogen-bond donors (Lipinski definition) is 3. The highest BCUT2D eigenvalue weighted by atomic mass is 79.9. The minimum absolute atomic E-state index is 0.615. The van der Waals surface area contributed by atoms with Gasteiger partial charge in [0.05, 0.1) is 17.1 Å². The zero-order valence-electron chi connectivity index (χ0n) is 11.9. The molecule has 120 valence electrons. The van der Waals surface area contributed by atoms with Crippen LogP contribution in [0.25, 0.3) is 0 Å². The number of benzene rings is 2. The Morgan fingerprint density at radius 2 is 1.52 bits per heavy atom. The summed E-state index contributed by atoms with van der Waals surface area (Å²) >= 11 is 9.11. The number of hydrogen-bond acceptors (Lipinski definition) is 5. The minimum Gasteiger partial charge on any atom is -0.397 e. The van der Waals surface area contributed by atoms with E-state index >= 15 is 0 Å². The molecule has 8 heteroatoms. The Bertz CT molecular complexity index is 753. The van der Waals surface area contributed by atoms with Gasteiger partial charge in [-0.15, -0.1) is 0 Å². The van der Waals surface area contributed by atoms with E-state index in [1.165, 1.54) is 5.56 Å². The van der Waals surface area contributed by atoms with Gasteiger partial charge in [0.15, 0.2) is 0 Å². The van der Waals surface area contributed by atoms with E-state index < -0.39 is 0 Å². The summed E-state index contributed by atoms with van der Waals surface area (Å²) in [6.07, 6.45) is 0.786. The smallest absolute Gasteiger partial charge is 0.142 e. The fraction of sp³-hybridized carbons (Fsp3) is 0.0667. The van der Waals surface area contributed by atoms with Crippen molar-refractivity contribution in [1.82, 2.24) is 0 Å². The lowest BCUT2D eigenvalue weighted by atomic mass is 10.1. The van der Waals surface area contributed by atoms with E-state index in [-0.39, 0.29) is 0 Å². The highest BCUT2D eigenvalue weighted by Crippen LogP contribution is 2.28. The number of nitriles is 1. The predicted molar refractivity (Wildman–Crippen MR) is 107 cm³/mol. The maximum absolute atomic E-state index is 7.24. The van der Waals surface area contributed by atoms with Crippen molar-refractivity contribution in [3.8, 4) is 4.98 Å². The number of nitrogen functional groups attached to an aromatic ring is 2. The Hall–Kier alpha value is -1.56. The molecule has 0 radical (unpaired) electrons. The van der Waals surface area contributed by atoms with Crippen molar-refractivity contribution in [2.45, 2.75) is 6.42 Å². The molecule has 0 saturated carbocycles. The summed E-state index contributed by atoms with van der Waals surface area (Å²) < 4.78 is 2.04. The van der Waals surface area contributed by atoms with E-state index in [1.807, 2.05) is 18.2 Å². The Labute approximate surface area is 159 Å². The molecule has 2 aromatic rings. The molecule has 0 aliphatic carbocycles. The summed E-state index contributed by atoms with van der Waals surface area (Å²) in [5.41, 5.74) is 19.9. The summed E-state index contributed by atoms with van der Waals surface area (Å²) in [6, 6.07) is 11.4. The first-order valence-corrected chi connectivity index (χ1v) is 8.67. The minimum atomic E-state index is 0.615. The lowest BCUT2D eigenvalue weighted by molar-refractivity contribution is 1.36. The average Bonchev–Trinajstić information content (AvgIpc) is 2.84. The second-order valence-corrected chi connectivity index (χ2v) is 6.60. The van der Waals surface area contributed by atoms with Crippen molar-refractivity contribution in [3.63, 3.8) is 0 Å². The molecule has 0 unspecified atom stereocenters. The number of nitrogens with two attached hydrogens (primary N) is 3. The third kappa shape index (κ3) is 6.60. The van der Waals surface area contributed by atoms with Crippen molar-refractivity contribution in [1.29, 1.82) is 5.26 Å². The molecule has 1 aliphatic rings. The van der Waals surface area contributed by atoms with Crippen molar-refractivity contribution in [2.75, 3.05) is 11.5 Å².